The molecule has 0 radical (unpaired) electrons. The molecule has 0 spiro atoms. The number of halogens is 4. The first-order valence-corrected chi connectivity index (χ1v) is 13.2. The largest absolute Gasteiger partial charge is 0.481 e. The van der Waals surface area contributed by atoms with Crippen LogP contribution in [0.5, 0.6) is 5.75 Å². The zero-order valence-corrected chi connectivity index (χ0v) is 24.2. The highest BCUT2D eigenvalue weighted by Gasteiger charge is 2.37. The summed E-state index contributed by atoms with van der Waals surface area (Å²) in [6.07, 6.45) is 1.35. The Morgan fingerprint density at radius 3 is 2.32 bits per heavy atom. The van der Waals surface area contributed by atoms with Crippen LogP contribution in [0.3, 0.4) is 0 Å². The maximum absolute atomic E-state index is 13.2. The van der Waals surface area contributed by atoms with Crippen molar-refractivity contribution in [1.82, 2.24) is 5.32 Å². The minimum atomic E-state index is -0.875. The Bertz CT molecular complexity index is 1490. The second kappa shape index (κ2) is 11.7. The monoisotopic (exact) mass is 679 g/mol. The van der Waals surface area contributed by atoms with Crippen molar-refractivity contribution >= 4 is 96.3 Å². The second-order valence-corrected chi connectivity index (χ2v) is 10.6. The lowest BCUT2D eigenvalue weighted by Crippen LogP contribution is -2.54. The van der Waals surface area contributed by atoms with E-state index in [1.807, 2.05) is 0 Å². The fourth-order valence-electron chi connectivity index (χ4n) is 3.45. The number of hydrogen-bond acceptors (Lipinski definition) is 5. The van der Waals surface area contributed by atoms with E-state index in [1.54, 1.807) is 55.5 Å². The molecule has 3 aromatic rings. The van der Waals surface area contributed by atoms with E-state index in [-0.39, 0.29) is 23.8 Å². The highest BCUT2D eigenvalue weighted by molar-refractivity contribution is 9.11. The molecule has 1 aliphatic heterocycles. The number of amides is 5. The van der Waals surface area contributed by atoms with Gasteiger partial charge in [-0.05, 0) is 105 Å². The van der Waals surface area contributed by atoms with Crippen LogP contribution < -0.4 is 20.3 Å². The normalized spacial score (nSPS) is 14.5. The average Bonchev–Trinajstić information content (AvgIpc) is 2.85. The average molecular weight is 682 g/mol. The molecule has 1 aliphatic rings. The van der Waals surface area contributed by atoms with Crippen molar-refractivity contribution in [2.75, 3.05) is 16.8 Å². The van der Waals surface area contributed by atoms with Crippen molar-refractivity contribution in [3.8, 4) is 5.75 Å². The van der Waals surface area contributed by atoms with Gasteiger partial charge in [0.05, 0.1) is 14.6 Å². The predicted molar refractivity (Wildman–Crippen MR) is 153 cm³/mol. The molecule has 0 unspecified atom stereocenters. The van der Waals surface area contributed by atoms with Gasteiger partial charge in [0.2, 0.25) is 0 Å². The van der Waals surface area contributed by atoms with Gasteiger partial charge in [-0.15, -0.1) is 0 Å². The van der Waals surface area contributed by atoms with E-state index in [0.29, 0.717) is 36.0 Å². The number of urea groups is 1. The van der Waals surface area contributed by atoms with Crippen molar-refractivity contribution in [1.29, 1.82) is 0 Å². The summed E-state index contributed by atoms with van der Waals surface area (Å²) in [5, 5.41) is 5.79. The van der Waals surface area contributed by atoms with E-state index in [2.05, 4.69) is 42.5 Å². The molecule has 0 saturated carbocycles. The van der Waals surface area contributed by atoms with Gasteiger partial charge in [0.15, 0.2) is 6.61 Å². The lowest BCUT2D eigenvalue weighted by atomic mass is 10.1. The zero-order valence-electron chi connectivity index (χ0n) is 19.5. The number of carbonyl (C=O) groups is 4. The van der Waals surface area contributed by atoms with Gasteiger partial charge in [0.25, 0.3) is 17.7 Å². The molecular formula is C26H17Br2Cl2N3O5. The number of aryl methyl sites for hydroxylation is 1. The second-order valence-electron chi connectivity index (χ2n) is 8.05. The molecule has 38 heavy (non-hydrogen) atoms. The Morgan fingerprint density at radius 2 is 1.68 bits per heavy atom. The first-order chi connectivity index (χ1) is 18.0. The first-order valence-electron chi connectivity index (χ1n) is 10.9. The third kappa shape index (κ3) is 6.27. The van der Waals surface area contributed by atoms with E-state index >= 15 is 0 Å². The minimum Gasteiger partial charge on any atom is -0.481 e. The zero-order chi connectivity index (χ0) is 27.6. The Balaban J connectivity index is 1.53. The molecule has 0 bridgehead atoms. The number of nitrogens with zero attached hydrogens (tertiary/aromatic N) is 1. The standard InChI is InChI=1S/C26H17Br2Cl2N3O5/c1-13-2-7-17(11-21(13)30)33-25(36)18(24(35)32-26(33)37)8-14-9-19(27)23(20(28)10-14)38-12-22(34)31-16-5-3-15(29)4-6-16/h2-11H,12H2,1H3,(H,31,34)(H,32,35,37)/b18-8+. The first kappa shape index (κ1) is 27.8. The number of carbonyl (C=O) groups excluding carboxylic acids is 4. The summed E-state index contributed by atoms with van der Waals surface area (Å²) in [4.78, 5) is 51.3. The van der Waals surface area contributed by atoms with Crippen LogP contribution in [-0.2, 0) is 14.4 Å². The van der Waals surface area contributed by atoms with Crippen LogP contribution in [0.2, 0.25) is 10.0 Å². The lowest BCUT2D eigenvalue weighted by Gasteiger charge is -2.26. The number of ether oxygens (including phenoxy) is 1. The minimum absolute atomic E-state index is 0.226. The topological polar surface area (TPSA) is 105 Å². The summed E-state index contributed by atoms with van der Waals surface area (Å²) in [5.74, 6) is -1.68. The highest BCUT2D eigenvalue weighted by Crippen LogP contribution is 2.36. The molecule has 2 N–H and O–H groups in total. The SMILES string of the molecule is Cc1ccc(N2C(=O)NC(=O)/C(=C\c3cc(Br)c(OCC(=O)Nc4ccc(Cl)cc4)c(Br)c3)C2=O)cc1Cl. The van der Waals surface area contributed by atoms with E-state index in [1.165, 1.54) is 12.1 Å². The predicted octanol–water partition coefficient (Wildman–Crippen LogP) is 6.51. The van der Waals surface area contributed by atoms with Crippen molar-refractivity contribution in [2.24, 2.45) is 0 Å². The molecule has 1 saturated heterocycles. The highest BCUT2D eigenvalue weighted by atomic mass is 79.9. The molecule has 1 heterocycles. The summed E-state index contributed by atoms with van der Waals surface area (Å²) in [5.41, 5.74) is 1.77. The molecular weight excluding hydrogens is 665 g/mol. The van der Waals surface area contributed by atoms with Crippen LogP contribution in [0, 0.1) is 6.92 Å². The molecule has 8 nitrogen and oxygen atoms in total. The molecule has 1 fully saturated rings. The van der Waals surface area contributed by atoms with E-state index < -0.39 is 17.8 Å². The van der Waals surface area contributed by atoms with Crippen molar-refractivity contribution in [3.63, 3.8) is 0 Å². The maximum Gasteiger partial charge on any atom is 0.335 e. The quantitative estimate of drug-likeness (QED) is 0.228. The molecule has 5 amide bonds. The number of hydrogen-bond donors (Lipinski definition) is 2. The van der Waals surface area contributed by atoms with Crippen LogP contribution in [0.25, 0.3) is 6.08 Å². The Morgan fingerprint density at radius 1 is 1.03 bits per heavy atom. The third-order valence-corrected chi connectivity index (χ3v) is 7.16. The summed E-state index contributed by atoms with van der Waals surface area (Å²) < 4.78 is 6.57. The Hall–Kier alpha value is -3.18. The van der Waals surface area contributed by atoms with Crippen molar-refractivity contribution < 1.29 is 23.9 Å². The van der Waals surface area contributed by atoms with Gasteiger partial charge >= 0.3 is 6.03 Å². The van der Waals surface area contributed by atoms with Gasteiger partial charge in [-0.1, -0.05) is 29.3 Å². The summed E-state index contributed by atoms with van der Waals surface area (Å²) in [6, 6.07) is 13.7. The maximum atomic E-state index is 13.2. The molecule has 0 aliphatic carbocycles. The number of rotatable bonds is 6. The van der Waals surface area contributed by atoms with Gasteiger partial charge in [-0.25, -0.2) is 9.69 Å². The van der Waals surface area contributed by atoms with Crippen molar-refractivity contribution in [3.05, 3.63) is 90.3 Å². The van der Waals surface area contributed by atoms with Crippen LogP contribution >= 0.6 is 55.1 Å². The number of barbiturate groups is 1. The van der Waals surface area contributed by atoms with Crippen molar-refractivity contribution in [2.45, 2.75) is 6.92 Å². The number of benzene rings is 3. The van der Waals surface area contributed by atoms with Gasteiger partial charge < -0.3 is 10.1 Å². The number of anilines is 2. The summed E-state index contributed by atoms with van der Waals surface area (Å²) in [7, 11) is 0. The van der Waals surface area contributed by atoms with Gasteiger partial charge in [0, 0.05) is 15.7 Å². The van der Waals surface area contributed by atoms with Gasteiger partial charge in [0.1, 0.15) is 11.3 Å². The third-order valence-electron chi connectivity index (χ3n) is 5.32. The van der Waals surface area contributed by atoms with Gasteiger partial charge in [-0.2, -0.15) is 0 Å². The Kier molecular flexibility index (Phi) is 8.57. The smallest absolute Gasteiger partial charge is 0.335 e. The van der Waals surface area contributed by atoms with Crippen LogP contribution in [0.1, 0.15) is 11.1 Å². The van der Waals surface area contributed by atoms with Gasteiger partial charge in [-0.3, -0.25) is 19.7 Å². The number of nitrogens with one attached hydrogen (secondary N) is 2. The van der Waals surface area contributed by atoms with Crippen LogP contribution in [0.15, 0.2) is 69.1 Å². The summed E-state index contributed by atoms with van der Waals surface area (Å²) in [6.45, 7) is 1.51. The van der Waals surface area contributed by atoms with E-state index in [4.69, 9.17) is 27.9 Å². The molecule has 3 aromatic carbocycles. The molecule has 0 aromatic heterocycles. The van der Waals surface area contributed by atoms with Crippen LogP contribution in [0.4, 0.5) is 16.2 Å². The fraction of sp³-hybridized carbons (Fsp3) is 0.0769. The lowest BCUT2D eigenvalue weighted by molar-refractivity contribution is -0.122. The van der Waals surface area contributed by atoms with E-state index in [0.717, 1.165) is 10.5 Å². The van der Waals surface area contributed by atoms with Crippen LogP contribution in [-0.4, -0.2) is 30.4 Å². The fourth-order valence-corrected chi connectivity index (χ4v) is 5.20. The molecule has 12 heteroatoms. The van der Waals surface area contributed by atoms with E-state index in [9.17, 15) is 19.2 Å². The molecule has 194 valence electrons. The number of imide groups is 2. The molecule has 0 atom stereocenters. The molecule has 4 rings (SSSR count). The Labute approximate surface area is 244 Å². The summed E-state index contributed by atoms with van der Waals surface area (Å²) >= 11 is 18.8.